The number of anilines is 1. The van der Waals surface area contributed by atoms with Crippen LogP contribution in [-0.2, 0) is 16.1 Å². The summed E-state index contributed by atoms with van der Waals surface area (Å²) in [4.78, 5) is 34.0. The molecule has 2 saturated heterocycles. The Labute approximate surface area is 203 Å². The van der Waals surface area contributed by atoms with E-state index in [-0.39, 0.29) is 5.91 Å². The molecule has 3 aromatic heterocycles. The molecule has 5 rings (SSSR count). The molecule has 2 aliphatic rings. The average Bonchev–Trinajstić information content (AvgIpc) is 3.19. The molecule has 0 aliphatic carbocycles. The predicted molar refractivity (Wildman–Crippen MR) is 132 cm³/mol. The number of piperazine rings is 1. The van der Waals surface area contributed by atoms with Crippen LogP contribution < -0.4 is 4.90 Å². The van der Waals surface area contributed by atoms with Crippen LogP contribution in [0.2, 0.25) is 0 Å². The summed E-state index contributed by atoms with van der Waals surface area (Å²) in [5, 5.41) is 9.60. The lowest BCUT2D eigenvalue weighted by Gasteiger charge is -2.35. The minimum Gasteiger partial charge on any atom is -0.384 e. The molecule has 0 radical (unpaired) electrons. The van der Waals surface area contributed by atoms with Gasteiger partial charge in [0, 0.05) is 68.6 Å². The number of aromatic nitrogens is 3. The van der Waals surface area contributed by atoms with Gasteiger partial charge in [-0.15, -0.1) is 11.3 Å². The number of hydrogen-bond donors (Lipinski definition) is 1. The Morgan fingerprint density at radius 1 is 1.18 bits per heavy atom. The second kappa shape index (κ2) is 9.91. The predicted octanol–water partition coefficient (Wildman–Crippen LogP) is 1.92. The van der Waals surface area contributed by atoms with E-state index in [2.05, 4.69) is 21.7 Å². The second-order valence-corrected chi connectivity index (χ2v) is 9.92. The summed E-state index contributed by atoms with van der Waals surface area (Å²) in [5.41, 5.74) is 3.09. The molecule has 2 fully saturated rings. The molecule has 0 unspecified atom stereocenters. The van der Waals surface area contributed by atoms with Gasteiger partial charge in [0.05, 0.1) is 23.4 Å². The van der Waals surface area contributed by atoms with Gasteiger partial charge in [-0.25, -0.2) is 9.97 Å². The van der Waals surface area contributed by atoms with Crippen LogP contribution in [0.15, 0.2) is 24.5 Å². The van der Waals surface area contributed by atoms with Crippen molar-refractivity contribution in [3.63, 3.8) is 0 Å². The molecule has 180 valence electrons. The Morgan fingerprint density at radius 2 is 1.94 bits per heavy atom. The molecular weight excluding hydrogens is 452 g/mol. The summed E-state index contributed by atoms with van der Waals surface area (Å²) >= 11 is 1.77. The summed E-state index contributed by atoms with van der Waals surface area (Å²) in [5.74, 6) is 1.48. The lowest BCUT2D eigenvalue weighted by molar-refractivity contribution is -0.141. The van der Waals surface area contributed by atoms with Crippen molar-refractivity contribution in [3.8, 4) is 11.4 Å². The molecule has 0 saturated carbocycles. The first kappa shape index (κ1) is 23.1. The molecule has 34 heavy (non-hydrogen) atoms. The van der Waals surface area contributed by atoms with Crippen LogP contribution in [-0.4, -0.2) is 94.4 Å². The Hall–Kier alpha value is -2.66. The van der Waals surface area contributed by atoms with E-state index in [0.29, 0.717) is 32.1 Å². The number of rotatable bonds is 5. The standard InChI is InChI=1S/C24H30N6O3S/c1-16-19(15-28-6-8-30(9-7-28)24(32)17(2)31)34-21-20(16)26-22(18-4-3-5-25-14-18)27-23(21)29-10-12-33-13-11-29/h3-5,14,17,31H,6-13,15H2,1-2H3/t17-/m0/s1. The molecular formula is C24H30N6O3S. The number of aryl methyl sites for hydroxylation is 1. The van der Waals surface area contributed by atoms with Crippen molar-refractivity contribution in [2.24, 2.45) is 0 Å². The van der Waals surface area contributed by atoms with Crippen molar-refractivity contribution in [1.82, 2.24) is 24.8 Å². The number of ether oxygens (including phenoxy) is 1. The van der Waals surface area contributed by atoms with Gasteiger partial charge in [-0.05, 0) is 31.5 Å². The third-order valence-electron chi connectivity index (χ3n) is 6.49. The zero-order chi connectivity index (χ0) is 23.7. The highest BCUT2D eigenvalue weighted by molar-refractivity contribution is 7.19. The molecule has 0 aromatic carbocycles. The first-order chi connectivity index (χ1) is 16.5. The van der Waals surface area contributed by atoms with E-state index in [1.54, 1.807) is 28.6 Å². The van der Waals surface area contributed by atoms with Gasteiger partial charge in [0.15, 0.2) is 11.6 Å². The van der Waals surface area contributed by atoms with E-state index in [9.17, 15) is 9.90 Å². The van der Waals surface area contributed by atoms with E-state index in [0.717, 1.165) is 54.3 Å². The Kier molecular flexibility index (Phi) is 6.73. The Bertz CT molecular complexity index is 1150. The molecule has 0 spiro atoms. The van der Waals surface area contributed by atoms with Crippen molar-refractivity contribution in [2.45, 2.75) is 26.5 Å². The van der Waals surface area contributed by atoms with Gasteiger partial charge in [-0.1, -0.05) is 0 Å². The highest BCUT2D eigenvalue weighted by atomic mass is 32.1. The fraction of sp³-hybridized carbons (Fsp3) is 0.500. The lowest BCUT2D eigenvalue weighted by Crippen LogP contribution is -2.50. The molecule has 1 N–H and O–H groups in total. The lowest BCUT2D eigenvalue weighted by atomic mass is 10.2. The van der Waals surface area contributed by atoms with Crippen molar-refractivity contribution in [2.75, 3.05) is 57.4 Å². The highest BCUT2D eigenvalue weighted by Crippen LogP contribution is 2.38. The van der Waals surface area contributed by atoms with E-state index >= 15 is 0 Å². The smallest absolute Gasteiger partial charge is 0.251 e. The SMILES string of the molecule is Cc1c(CN2CCN(C(=O)[C@H](C)O)CC2)sc2c(N3CCOCC3)nc(-c3cccnc3)nc12. The van der Waals surface area contributed by atoms with E-state index in [4.69, 9.17) is 14.7 Å². The fourth-order valence-electron chi connectivity index (χ4n) is 4.48. The van der Waals surface area contributed by atoms with Gasteiger partial charge < -0.3 is 19.6 Å². The summed E-state index contributed by atoms with van der Waals surface area (Å²) in [6.07, 6.45) is 2.62. The van der Waals surface area contributed by atoms with Gasteiger partial charge in [-0.2, -0.15) is 0 Å². The molecule has 0 bridgehead atoms. The quantitative estimate of drug-likeness (QED) is 0.590. The van der Waals surface area contributed by atoms with Crippen molar-refractivity contribution in [1.29, 1.82) is 0 Å². The number of pyridine rings is 1. The summed E-state index contributed by atoms with van der Waals surface area (Å²) in [7, 11) is 0. The number of thiophene rings is 1. The van der Waals surface area contributed by atoms with Crippen molar-refractivity contribution in [3.05, 3.63) is 35.0 Å². The number of amides is 1. The monoisotopic (exact) mass is 482 g/mol. The average molecular weight is 483 g/mol. The first-order valence-electron chi connectivity index (χ1n) is 11.7. The molecule has 3 aromatic rings. The minimum atomic E-state index is -0.942. The second-order valence-electron chi connectivity index (χ2n) is 8.82. The number of fused-ring (bicyclic) bond motifs is 1. The highest BCUT2D eigenvalue weighted by Gasteiger charge is 2.26. The van der Waals surface area contributed by atoms with E-state index in [1.165, 1.54) is 17.4 Å². The summed E-state index contributed by atoms with van der Waals surface area (Å²) in [6.45, 7) is 10.3. The number of hydrogen-bond acceptors (Lipinski definition) is 9. The van der Waals surface area contributed by atoms with Crippen LogP contribution in [0.25, 0.3) is 21.6 Å². The number of carbonyl (C=O) groups is 1. The molecule has 10 heteroatoms. The molecule has 1 atom stereocenters. The first-order valence-corrected chi connectivity index (χ1v) is 12.5. The number of morpholine rings is 1. The molecule has 1 amide bonds. The molecule has 9 nitrogen and oxygen atoms in total. The zero-order valence-corrected chi connectivity index (χ0v) is 20.4. The van der Waals surface area contributed by atoms with Gasteiger partial charge in [0.1, 0.15) is 6.10 Å². The third kappa shape index (κ3) is 4.63. The number of nitrogens with zero attached hydrogens (tertiary/aromatic N) is 6. The zero-order valence-electron chi connectivity index (χ0n) is 19.6. The largest absolute Gasteiger partial charge is 0.384 e. The minimum absolute atomic E-state index is 0.189. The maximum atomic E-state index is 12.1. The molecule has 5 heterocycles. The number of aliphatic hydroxyl groups excluding tert-OH is 1. The van der Waals surface area contributed by atoms with Gasteiger partial charge in [0.2, 0.25) is 0 Å². The van der Waals surface area contributed by atoms with Gasteiger partial charge >= 0.3 is 0 Å². The fourth-order valence-corrected chi connectivity index (χ4v) is 5.78. The van der Waals surface area contributed by atoms with Crippen LogP contribution in [0.3, 0.4) is 0 Å². The van der Waals surface area contributed by atoms with E-state index < -0.39 is 6.10 Å². The molecule has 2 aliphatic heterocycles. The van der Waals surface area contributed by atoms with Crippen LogP contribution in [0, 0.1) is 6.92 Å². The number of carbonyl (C=O) groups excluding carboxylic acids is 1. The Balaban J connectivity index is 1.45. The normalized spacial score (nSPS) is 18.4. The van der Waals surface area contributed by atoms with Gasteiger partial charge in [-0.3, -0.25) is 14.7 Å². The van der Waals surface area contributed by atoms with Crippen LogP contribution >= 0.6 is 11.3 Å². The van der Waals surface area contributed by atoms with Crippen LogP contribution in [0.5, 0.6) is 0 Å². The van der Waals surface area contributed by atoms with Crippen molar-refractivity contribution < 1.29 is 14.6 Å². The van der Waals surface area contributed by atoms with Gasteiger partial charge in [0.25, 0.3) is 5.91 Å². The third-order valence-corrected chi connectivity index (χ3v) is 7.75. The maximum absolute atomic E-state index is 12.1. The Morgan fingerprint density at radius 3 is 2.62 bits per heavy atom. The maximum Gasteiger partial charge on any atom is 0.251 e. The van der Waals surface area contributed by atoms with Crippen molar-refractivity contribution >= 4 is 33.3 Å². The van der Waals surface area contributed by atoms with E-state index in [1.807, 2.05) is 12.1 Å². The topological polar surface area (TPSA) is 94.9 Å². The number of aliphatic hydroxyl groups is 1. The van der Waals surface area contributed by atoms with Crippen LogP contribution in [0.4, 0.5) is 5.82 Å². The van der Waals surface area contributed by atoms with Crippen LogP contribution in [0.1, 0.15) is 17.4 Å². The summed E-state index contributed by atoms with van der Waals surface area (Å²) < 4.78 is 6.69. The summed E-state index contributed by atoms with van der Waals surface area (Å²) in [6, 6.07) is 3.90.